The van der Waals surface area contributed by atoms with Crippen molar-refractivity contribution in [3.05, 3.63) is 52.2 Å². The number of urea groups is 1. The maximum Gasteiger partial charge on any atom is 0.328 e. The zero-order chi connectivity index (χ0) is 20.6. The number of aromatic hydroxyl groups is 1. The summed E-state index contributed by atoms with van der Waals surface area (Å²) in [6, 6.07) is 4.93. The minimum Gasteiger partial charge on any atom is -0.711 e. The van der Waals surface area contributed by atoms with Crippen LogP contribution in [0.25, 0.3) is 0 Å². The van der Waals surface area contributed by atoms with Gasteiger partial charge in [-0.3, -0.25) is 20.2 Å². The first-order chi connectivity index (χ1) is 13.3. The molecule has 2 heterocycles. The van der Waals surface area contributed by atoms with Crippen LogP contribution in [0.4, 0.5) is 4.79 Å². The number of amides is 4. The number of benzene rings is 1. The lowest BCUT2D eigenvalue weighted by molar-refractivity contribution is -0.621. The molecular weight excluding hydrogens is 368 g/mol. The highest BCUT2D eigenvalue weighted by atomic mass is 16.5. The molecular formula is C18H20N4O6. The largest absolute Gasteiger partial charge is 0.711 e. The second-order valence-electron chi connectivity index (χ2n) is 6.56. The Morgan fingerprint density at radius 3 is 2.43 bits per heavy atom. The molecule has 4 amide bonds. The van der Waals surface area contributed by atoms with E-state index in [1.54, 1.807) is 19.9 Å². The number of hydrogen-bond acceptors (Lipinski definition) is 6. The predicted molar refractivity (Wildman–Crippen MR) is 95.1 cm³/mol. The molecule has 1 aromatic heterocycles. The van der Waals surface area contributed by atoms with Crippen molar-refractivity contribution >= 4 is 17.8 Å². The second kappa shape index (κ2) is 7.31. The number of aromatic nitrogens is 2. The smallest absolute Gasteiger partial charge is 0.328 e. The van der Waals surface area contributed by atoms with Crippen LogP contribution in [-0.2, 0) is 16.1 Å². The van der Waals surface area contributed by atoms with Gasteiger partial charge in [-0.25, -0.2) is 14.1 Å². The summed E-state index contributed by atoms with van der Waals surface area (Å²) in [5.41, 5.74) is 1.25. The van der Waals surface area contributed by atoms with Crippen LogP contribution in [0.2, 0.25) is 0 Å². The van der Waals surface area contributed by atoms with E-state index in [0.717, 1.165) is 0 Å². The number of nitrogens with one attached hydrogen (secondary N) is 2. The summed E-state index contributed by atoms with van der Waals surface area (Å²) in [6.45, 7) is 3.08. The number of nitrogens with zero attached hydrogens (tertiary/aromatic N) is 2. The summed E-state index contributed by atoms with van der Waals surface area (Å²) >= 11 is 0. The molecule has 148 valence electrons. The number of imide groups is 2. The van der Waals surface area contributed by atoms with Crippen molar-refractivity contribution in [2.24, 2.45) is 5.92 Å². The van der Waals surface area contributed by atoms with E-state index >= 15 is 0 Å². The topological polar surface area (TPSA) is 148 Å². The van der Waals surface area contributed by atoms with Gasteiger partial charge in [0.05, 0.1) is 6.61 Å². The number of imidazole rings is 1. The fraction of sp³-hybridized carbons (Fsp3) is 0.333. The highest BCUT2D eigenvalue weighted by molar-refractivity contribution is 6.16. The van der Waals surface area contributed by atoms with Gasteiger partial charge in [-0.2, -0.15) is 0 Å². The van der Waals surface area contributed by atoms with Gasteiger partial charge in [0.2, 0.25) is 11.8 Å². The van der Waals surface area contributed by atoms with E-state index < -0.39 is 29.7 Å². The number of hydrogen-bond donors (Lipinski definition) is 4. The molecule has 0 spiro atoms. The number of aliphatic hydroxyl groups is 1. The number of phenols is 1. The van der Waals surface area contributed by atoms with E-state index in [0.29, 0.717) is 21.7 Å². The molecule has 0 radical (unpaired) electrons. The number of carbonyl (C=O) groups is 3. The molecule has 0 bridgehead atoms. The van der Waals surface area contributed by atoms with Crippen LogP contribution in [0, 0.1) is 25.0 Å². The van der Waals surface area contributed by atoms with Crippen molar-refractivity contribution in [2.45, 2.75) is 26.3 Å². The number of phenolic OH excluding ortho intramolecular Hbond substituents is 1. The Bertz CT molecular complexity index is 947. The Morgan fingerprint density at radius 1 is 1.21 bits per heavy atom. The van der Waals surface area contributed by atoms with Gasteiger partial charge in [0.25, 0.3) is 5.82 Å². The van der Waals surface area contributed by atoms with Crippen molar-refractivity contribution < 1.29 is 29.3 Å². The molecule has 1 aliphatic rings. The van der Waals surface area contributed by atoms with Crippen LogP contribution in [0.5, 0.6) is 5.75 Å². The molecule has 1 aromatic carbocycles. The summed E-state index contributed by atoms with van der Waals surface area (Å²) in [4.78, 5) is 36.5. The normalized spacial score (nSPS) is 16.0. The van der Waals surface area contributed by atoms with E-state index in [1.165, 1.54) is 22.8 Å². The summed E-state index contributed by atoms with van der Waals surface area (Å²) < 4.78 is 2.14. The van der Waals surface area contributed by atoms with Gasteiger partial charge in [0.15, 0.2) is 0 Å². The summed E-state index contributed by atoms with van der Waals surface area (Å²) in [7, 11) is 0. The van der Waals surface area contributed by atoms with Gasteiger partial charge in [-0.15, -0.1) is 0 Å². The van der Waals surface area contributed by atoms with Crippen molar-refractivity contribution in [2.75, 3.05) is 6.61 Å². The van der Waals surface area contributed by atoms with Crippen LogP contribution in [0.1, 0.15) is 28.7 Å². The van der Waals surface area contributed by atoms with E-state index in [-0.39, 0.29) is 24.7 Å². The molecule has 1 fully saturated rings. The molecule has 0 aliphatic carbocycles. The Balaban J connectivity index is 2.27. The number of barbiturate groups is 1. The zero-order valence-electron chi connectivity index (χ0n) is 15.3. The van der Waals surface area contributed by atoms with E-state index in [4.69, 9.17) is 0 Å². The van der Waals surface area contributed by atoms with E-state index in [9.17, 15) is 29.8 Å². The minimum absolute atomic E-state index is 0.0549. The molecule has 1 atom stereocenters. The zero-order valence-corrected chi connectivity index (χ0v) is 15.3. The SMILES string of the molecule is Cc1c(C)[n+]([O-])c([C@@H](c2cccc(O)c2)C2C(=O)NC(=O)NC2=O)n1CCO. The fourth-order valence-electron chi connectivity index (χ4n) is 3.51. The van der Waals surface area contributed by atoms with E-state index in [1.807, 2.05) is 10.6 Å². The van der Waals surface area contributed by atoms with Crippen molar-refractivity contribution in [3.63, 3.8) is 0 Å². The first-order valence-corrected chi connectivity index (χ1v) is 8.60. The molecule has 10 nitrogen and oxygen atoms in total. The molecule has 0 unspecified atom stereocenters. The van der Waals surface area contributed by atoms with Crippen LogP contribution in [-0.4, -0.2) is 39.2 Å². The average Bonchev–Trinajstić information content (AvgIpc) is 2.83. The Labute approximate surface area is 160 Å². The first-order valence-electron chi connectivity index (χ1n) is 8.60. The average molecular weight is 388 g/mol. The molecule has 2 aromatic rings. The van der Waals surface area contributed by atoms with Crippen LogP contribution in [0.3, 0.4) is 0 Å². The minimum atomic E-state index is -1.43. The third-order valence-electron chi connectivity index (χ3n) is 4.92. The van der Waals surface area contributed by atoms with Crippen LogP contribution >= 0.6 is 0 Å². The summed E-state index contributed by atoms with van der Waals surface area (Å²) in [5.74, 6) is -4.29. The standard InChI is InChI=1S/C18H20N4O6/c1-9-10(2)22(28)17(21(9)6-7-23)13(11-4-3-5-12(24)8-11)14-15(25)19-18(27)20-16(14)26/h3-5,8,13-14,23-24H,6-7H2,1-2H3,(H2,19,20,25,26,27)/t13-/m0/s1. The number of aliphatic hydroxyl groups excluding tert-OH is 1. The third-order valence-corrected chi connectivity index (χ3v) is 4.92. The Morgan fingerprint density at radius 2 is 1.86 bits per heavy atom. The molecule has 28 heavy (non-hydrogen) atoms. The van der Waals surface area contributed by atoms with Crippen LogP contribution in [0.15, 0.2) is 24.3 Å². The van der Waals surface area contributed by atoms with Crippen molar-refractivity contribution in [3.8, 4) is 5.75 Å². The first kappa shape index (κ1) is 19.4. The highest BCUT2D eigenvalue weighted by Gasteiger charge is 2.47. The van der Waals surface area contributed by atoms with Gasteiger partial charge < -0.3 is 15.4 Å². The lowest BCUT2D eigenvalue weighted by Gasteiger charge is -2.27. The van der Waals surface area contributed by atoms with Gasteiger partial charge in [0.1, 0.15) is 35.5 Å². The number of rotatable bonds is 5. The monoisotopic (exact) mass is 388 g/mol. The molecule has 0 saturated carbocycles. The summed E-state index contributed by atoms with van der Waals surface area (Å²) in [6.07, 6.45) is 0. The fourth-order valence-corrected chi connectivity index (χ4v) is 3.51. The quantitative estimate of drug-likeness (QED) is 0.310. The molecule has 10 heteroatoms. The third kappa shape index (κ3) is 3.18. The second-order valence-corrected chi connectivity index (χ2v) is 6.56. The lowest BCUT2D eigenvalue weighted by atomic mass is 9.83. The predicted octanol–water partition coefficient (Wildman–Crippen LogP) is -0.450. The van der Waals surface area contributed by atoms with Gasteiger partial charge in [0, 0.05) is 13.8 Å². The van der Waals surface area contributed by atoms with E-state index in [2.05, 4.69) is 0 Å². The van der Waals surface area contributed by atoms with Gasteiger partial charge in [-0.1, -0.05) is 12.1 Å². The number of carbonyl (C=O) groups excluding carboxylic acids is 3. The molecule has 1 saturated heterocycles. The van der Waals surface area contributed by atoms with Crippen molar-refractivity contribution in [1.82, 2.24) is 15.2 Å². The molecule has 3 rings (SSSR count). The van der Waals surface area contributed by atoms with Crippen molar-refractivity contribution in [1.29, 1.82) is 0 Å². The van der Waals surface area contributed by atoms with Crippen LogP contribution < -0.4 is 15.4 Å². The molecule has 1 aliphatic heterocycles. The lowest BCUT2D eigenvalue weighted by Crippen LogP contribution is -2.58. The Hall–Kier alpha value is -3.40. The Kier molecular flexibility index (Phi) is 5.06. The van der Waals surface area contributed by atoms with Gasteiger partial charge in [-0.05, 0) is 17.7 Å². The maximum absolute atomic E-state index is 12.9. The summed E-state index contributed by atoms with van der Waals surface area (Å²) in [5, 5.41) is 36.4. The van der Waals surface area contributed by atoms with Gasteiger partial charge >= 0.3 is 6.03 Å². The maximum atomic E-state index is 12.9. The highest BCUT2D eigenvalue weighted by Crippen LogP contribution is 2.34. The molecule has 4 N–H and O–H groups in total.